The smallest absolute Gasteiger partial charge is 0.276 e. The number of anilines is 1. The number of carbonyl (C=O) groups excluding carboxylic acids is 1. The van der Waals surface area contributed by atoms with E-state index in [2.05, 4.69) is 20.3 Å². The van der Waals surface area contributed by atoms with Gasteiger partial charge in [0.15, 0.2) is 11.0 Å². The number of aryl methyl sites for hydroxylation is 1. The van der Waals surface area contributed by atoms with E-state index >= 15 is 0 Å². The summed E-state index contributed by atoms with van der Waals surface area (Å²) in [4.78, 5) is 23.4. The first kappa shape index (κ1) is 11.0. The molecule has 0 radical (unpaired) electrons. The van der Waals surface area contributed by atoms with Gasteiger partial charge in [-0.15, -0.1) is 11.3 Å². The molecule has 2 aromatic rings. The Morgan fingerprint density at radius 1 is 1.44 bits per heavy atom. The third-order valence-electron chi connectivity index (χ3n) is 1.74. The van der Waals surface area contributed by atoms with Crippen molar-refractivity contribution in [1.82, 2.24) is 15.0 Å². The molecule has 0 aliphatic carbocycles. The Hall–Kier alpha value is -1.53. The Kier molecular flexibility index (Phi) is 3.12. The van der Waals surface area contributed by atoms with Gasteiger partial charge in [-0.3, -0.25) is 4.79 Å². The van der Waals surface area contributed by atoms with Gasteiger partial charge in [-0.05, 0) is 6.92 Å². The summed E-state index contributed by atoms with van der Waals surface area (Å²) in [6.45, 7) is 1.83. The molecule has 0 fully saturated rings. The van der Waals surface area contributed by atoms with Crippen molar-refractivity contribution in [2.75, 3.05) is 5.32 Å². The maximum atomic E-state index is 11.7. The van der Waals surface area contributed by atoms with Gasteiger partial charge in [-0.25, -0.2) is 15.0 Å². The lowest BCUT2D eigenvalue weighted by Gasteiger charge is -2.02. The summed E-state index contributed by atoms with van der Waals surface area (Å²) in [5.41, 5.74) is 0.351. The topological polar surface area (TPSA) is 67.8 Å². The minimum atomic E-state index is -0.341. The number of carbonyl (C=O) groups is 1. The van der Waals surface area contributed by atoms with Crippen molar-refractivity contribution in [1.29, 1.82) is 0 Å². The normalized spacial score (nSPS) is 10.1. The van der Waals surface area contributed by atoms with Gasteiger partial charge in [0.05, 0.1) is 5.01 Å². The summed E-state index contributed by atoms with van der Waals surface area (Å²) < 4.78 is 0. The van der Waals surface area contributed by atoms with Crippen molar-refractivity contribution in [3.63, 3.8) is 0 Å². The Morgan fingerprint density at radius 2 is 2.19 bits per heavy atom. The van der Waals surface area contributed by atoms with E-state index in [-0.39, 0.29) is 16.9 Å². The van der Waals surface area contributed by atoms with Gasteiger partial charge < -0.3 is 5.32 Å². The summed E-state index contributed by atoms with van der Waals surface area (Å²) in [6, 6.07) is 0. The van der Waals surface area contributed by atoms with Crippen LogP contribution in [0, 0.1) is 6.92 Å². The second kappa shape index (κ2) is 4.54. The van der Waals surface area contributed by atoms with Crippen molar-refractivity contribution in [3.8, 4) is 0 Å². The number of hydrogen-bond acceptors (Lipinski definition) is 5. The van der Waals surface area contributed by atoms with E-state index in [0.29, 0.717) is 5.69 Å². The fourth-order valence-corrected chi connectivity index (χ4v) is 1.79. The Bertz CT molecular complexity index is 528. The van der Waals surface area contributed by atoms with Crippen molar-refractivity contribution >= 4 is 34.7 Å². The highest BCUT2D eigenvalue weighted by Crippen LogP contribution is 2.16. The first-order chi connectivity index (χ1) is 7.66. The molecule has 1 N–H and O–H groups in total. The molecular weight excluding hydrogens is 248 g/mol. The molecule has 0 unspecified atom stereocenters. The maximum Gasteiger partial charge on any atom is 0.276 e. The highest BCUT2D eigenvalue weighted by molar-refractivity contribution is 7.09. The summed E-state index contributed by atoms with van der Waals surface area (Å²) in [6.07, 6.45) is 2.90. The molecule has 0 aliphatic heterocycles. The van der Waals surface area contributed by atoms with Crippen LogP contribution in [0.1, 0.15) is 15.5 Å². The predicted molar refractivity (Wildman–Crippen MR) is 61.8 cm³/mol. The molecule has 0 saturated heterocycles. The first-order valence-electron chi connectivity index (χ1n) is 4.37. The van der Waals surface area contributed by atoms with Crippen LogP contribution in [0.15, 0.2) is 17.8 Å². The van der Waals surface area contributed by atoms with Crippen molar-refractivity contribution < 1.29 is 4.79 Å². The summed E-state index contributed by atoms with van der Waals surface area (Å²) in [5.74, 6) is -0.105. The quantitative estimate of drug-likeness (QED) is 0.892. The number of nitrogens with zero attached hydrogens (tertiary/aromatic N) is 3. The maximum absolute atomic E-state index is 11.7. The Labute approximate surface area is 101 Å². The van der Waals surface area contributed by atoms with Crippen molar-refractivity contribution in [2.45, 2.75) is 6.92 Å². The summed E-state index contributed by atoms with van der Waals surface area (Å²) in [5, 5.41) is 5.20. The molecule has 2 aromatic heterocycles. The van der Waals surface area contributed by atoms with E-state index in [0.717, 1.165) is 5.01 Å². The second-order valence-electron chi connectivity index (χ2n) is 2.90. The molecular formula is C9H7ClN4OS. The molecule has 0 atom stereocenters. The predicted octanol–water partition coefficient (Wildman–Crippen LogP) is 2.15. The number of nitrogens with one attached hydrogen (secondary N) is 1. The average Bonchev–Trinajstić information content (AvgIpc) is 2.68. The third kappa shape index (κ3) is 2.34. The van der Waals surface area contributed by atoms with E-state index in [1.807, 2.05) is 6.92 Å². The van der Waals surface area contributed by atoms with E-state index in [1.54, 1.807) is 5.38 Å². The molecule has 0 aromatic carbocycles. The van der Waals surface area contributed by atoms with Gasteiger partial charge in [0.25, 0.3) is 5.91 Å². The molecule has 5 nitrogen and oxygen atoms in total. The van der Waals surface area contributed by atoms with E-state index in [9.17, 15) is 4.79 Å². The van der Waals surface area contributed by atoms with E-state index in [1.165, 1.54) is 23.7 Å². The van der Waals surface area contributed by atoms with Crippen LogP contribution < -0.4 is 5.32 Å². The fourth-order valence-electron chi connectivity index (χ4n) is 1.04. The number of aromatic nitrogens is 3. The lowest BCUT2D eigenvalue weighted by molar-refractivity contribution is 0.102. The van der Waals surface area contributed by atoms with Crippen LogP contribution in [-0.4, -0.2) is 20.9 Å². The molecule has 2 heterocycles. The fraction of sp³-hybridized carbons (Fsp3) is 0.111. The minimum Gasteiger partial charge on any atom is -0.303 e. The molecule has 7 heteroatoms. The summed E-state index contributed by atoms with van der Waals surface area (Å²) in [7, 11) is 0. The van der Waals surface area contributed by atoms with Gasteiger partial charge in [-0.2, -0.15) is 0 Å². The number of hydrogen-bond donors (Lipinski definition) is 1. The Morgan fingerprint density at radius 3 is 2.81 bits per heavy atom. The number of thiazole rings is 1. The van der Waals surface area contributed by atoms with Crippen LogP contribution in [0.5, 0.6) is 0 Å². The highest BCUT2D eigenvalue weighted by Gasteiger charge is 2.12. The number of amides is 1. The van der Waals surface area contributed by atoms with Crippen LogP contribution in [0.3, 0.4) is 0 Å². The SMILES string of the molecule is Cc1nc(C(=O)Nc2nccnc2Cl)cs1. The van der Waals surface area contributed by atoms with Gasteiger partial charge >= 0.3 is 0 Å². The Balaban J connectivity index is 2.17. The molecule has 82 valence electrons. The molecule has 0 aliphatic rings. The van der Waals surface area contributed by atoms with Crippen molar-refractivity contribution in [2.24, 2.45) is 0 Å². The highest BCUT2D eigenvalue weighted by atomic mass is 35.5. The number of rotatable bonds is 2. The van der Waals surface area contributed by atoms with Crippen LogP contribution in [0.25, 0.3) is 0 Å². The minimum absolute atomic E-state index is 0.155. The lowest BCUT2D eigenvalue weighted by Crippen LogP contribution is -2.14. The van der Waals surface area contributed by atoms with E-state index < -0.39 is 0 Å². The average molecular weight is 255 g/mol. The van der Waals surface area contributed by atoms with E-state index in [4.69, 9.17) is 11.6 Å². The second-order valence-corrected chi connectivity index (χ2v) is 4.32. The van der Waals surface area contributed by atoms with Crippen LogP contribution in [0.4, 0.5) is 5.82 Å². The largest absolute Gasteiger partial charge is 0.303 e. The summed E-state index contributed by atoms with van der Waals surface area (Å²) >= 11 is 7.16. The zero-order valence-corrected chi connectivity index (χ0v) is 9.84. The third-order valence-corrected chi connectivity index (χ3v) is 2.79. The number of halogens is 1. The van der Waals surface area contributed by atoms with Crippen LogP contribution >= 0.6 is 22.9 Å². The van der Waals surface area contributed by atoms with Crippen LogP contribution in [0.2, 0.25) is 5.15 Å². The molecule has 2 rings (SSSR count). The molecule has 0 bridgehead atoms. The molecule has 0 saturated carbocycles. The van der Waals surface area contributed by atoms with Gasteiger partial charge in [-0.1, -0.05) is 11.6 Å². The monoisotopic (exact) mass is 254 g/mol. The standard InChI is InChI=1S/C9H7ClN4OS/c1-5-13-6(4-16-5)9(15)14-8-7(10)11-2-3-12-8/h2-4H,1H3,(H,12,14,15). The van der Waals surface area contributed by atoms with Gasteiger partial charge in [0.1, 0.15) is 5.69 Å². The van der Waals surface area contributed by atoms with Gasteiger partial charge in [0, 0.05) is 17.8 Å². The van der Waals surface area contributed by atoms with Gasteiger partial charge in [0.2, 0.25) is 0 Å². The molecule has 0 spiro atoms. The lowest BCUT2D eigenvalue weighted by atomic mass is 10.4. The zero-order valence-electron chi connectivity index (χ0n) is 8.27. The van der Waals surface area contributed by atoms with Crippen molar-refractivity contribution in [3.05, 3.63) is 33.6 Å². The molecule has 1 amide bonds. The first-order valence-corrected chi connectivity index (χ1v) is 5.62. The van der Waals surface area contributed by atoms with Crippen LogP contribution in [-0.2, 0) is 0 Å². The molecule has 16 heavy (non-hydrogen) atoms. The zero-order chi connectivity index (χ0) is 11.5.